The van der Waals surface area contributed by atoms with Crippen LogP contribution in [0.2, 0.25) is 0 Å². The number of urea groups is 1. The van der Waals surface area contributed by atoms with Crippen molar-refractivity contribution in [3.05, 3.63) is 24.3 Å². The van der Waals surface area contributed by atoms with E-state index in [9.17, 15) is 34.6 Å². The Balaban J connectivity index is 1.29. The molecule has 3 fully saturated rings. The molecule has 0 spiro atoms. The topological polar surface area (TPSA) is 199 Å². The van der Waals surface area contributed by atoms with Gasteiger partial charge in [-0.15, -0.1) is 0 Å². The van der Waals surface area contributed by atoms with Gasteiger partial charge in [0.25, 0.3) is 0 Å². The first-order valence-corrected chi connectivity index (χ1v) is 13.5. The molecule has 1 aromatic carbocycles. The molecular weight excluding hydrogens is 519 g/mol. The molecule has 3 heterocycles. The second kappa shape index (κ2) is 12.5. The van der Waals surface area contributed by atoms with Gasteiger partial charge in [-0.25, -0.2) is 4.79 Å². The van der Waals surface area contributed by atoms with Crippen molar-refractivity contribution in [2.24, 2.45) is 0 Å². The molecule has 4 rings (SSSR count). The molecule has 3 saturated heterocycles. The van der Waals surface area contributed by atoms with Crippen molar-refractivity contribution in [3.63, 3.8) is 0 Å². The van der Waals surface area contributed by atoms with Crippen LogP contribution < -0.4 is 31.5 Å². The van der Waals surface area contributed by atoms with E-state index in [0.29, 0.717) is 6.42 Å². The van der Waals surface area contributed by atoms with E-state index in [1.165, 1.54) is 31.2 Å². The van der Waals surface area contributed by atoms with Crippen LogP contribution in [-0.2, 0) is 14.3 Å². The third-order valence-corrected chi connectivity index (χ3v) is 8.34. The number of aliphatic hydroxyl groups is 2. The Morgan fingerprint density at radius 1 is 1.18 bits per heavy atom. The zero-order valence-electron chi connectivity index (χ0n) is 20.8. The first-order chi connectivity index (χ1) is 18.1. The molecule has 3 aliphatic heterocycles. The Bertz CT molecular complexity index is 1000. The van der Waals surface area contributed by atoms with Crippen LogP contribution >= 0.6 is 11.8 Å². The number of fused-ring (bicyclic) bond motifs is 1. The normalized spacial score (nSPS) is 32.1. The van der Waals surface area contributed by atoms with Crippen LogP contribution in [0.3, 0.4) is 0 Å². The molecule has 0 bridgehead atoms. The fourth-order valence-electron chi connectivity index (χ4n) is 4.85. The Kier molecular flexibility index (Phi) is 9.38. The molecule has 4 amide bonds. The molecule has 2 unspecified atom stereocenters. The molecular formula is C23H33BN4O9S. The number of thioether (sulfide) groups is 1. The summed E-state index contributed by atoms with van der Waals surface area (Å²) in [5.74, 6) is 0.393. The highest BCUT2D eigenvalue weighted by Gasteiger charge is 2.46. The Morgan fingerprint density at radius 2 is 1.92 bits per heavy atom. The van der Waals surface area contributed by atoms with Crippen molar-refractivity contribution in [2.45, 2.75) is 74.2 Å². The monoisotopic (exact) mass is 552 g/mol. The second-order valence-electron chi connectivity index (χ2n) is 9.63. The van der Waals surface area contributed by atoms with E-state index in [2.05, 4.69) is 21.3 Å². The number of amides is 4. The van der Waals surface area contributed by atoms with Gasteiger partial charge in [0.15, 0.2) is 0 Å². The number of aliphatic hydroxyl groups excluding tert-OH is 2. The lowest BCUT2D eigenvalue weighted by Gasteiger charge is -2.42. The van der Waals surface area contributed by atoms with E-state index in [0.717, 1.165) is 12.2 Å². The molecule has 3 aliphatic rings. The van der Waals surface area contributed by atoms with Crippen LogP contribution in [-0.4, -0.2) is 105 Å². The fourth-order valence-corrected chi connectivity index (χ4v) is 6.39. The highest BCUT2D eigenvalue weighted by molar-refractivity contribution is 8.00. The average Bonchev–Trinajstić information content (AvgIpc) is 3.42. The summed E-state index contributed by atoms with van der Waals surface area (Å²) in [6, 6.07) is 4.74. The first-order valence-electron chi connectivity index (χ1n) is 12.5. The van der Waals surface area contributed by atoms with E-state index in [-0.39, 0.29) is 53.4 Å². The van der Waals surface area contributed by atoms with Crippen LogP contribution in [0.1, 0.15) is 26.2 Å². The summed E-state index contributed by atoms with van der Waals surface area (Å²) >= 11 is 1.77. The smallest absolute Gasteiger partial charge is 0.463 e. The van der Waals surface area contributed by atoms with E-state index in [1.807, 2.05) is 0 Å². The maximum atomic E-state index is 12.5. The zero-order valence-corrected chi connectivity index (χ0v) is 21.6. The van der Waals surface area contributed by atoms with Gasteiger partial charge in [-0.2, -0.15) is 11.8 Å². The minimum Gasteiger partial charge on any atom is -0.463 e. The molecule has 8 atom stereocenters. The summed E-state index contributed by atoms with van der Waals surface area (Å²) in [7, 11) is -1.65. The predicted molar refractivity (Wildman–Crippen MR) is 138 cm³/mol. The van der Waals surface area contributed by atoms with Crippen molar-refractivity contribution >= 4 is 42.2 Å². The van der Waals surface area contributed by atoms with Gasteiger partial charge in [-0.3, -0.25) is 9.59 Å². The molecule has 38 heavy (non-hydrogen) atoms. The number of hydrogen-bond acceptors (Lipinski definition) is 10. The number of hydrogen-bond donors (Lipinski definition) is 8. The number of ether oxygens (including phenoxy) is 2. The molecule has 0 radical (unpaired) electrons. The number of carbonyl (C=O) groups is 3. The molecule has 13 nitrogen and oxygen atoms in total. The molecule has 1 aromatic rings. The van der Waals surface area contributed by atoms with E-state index >= 15 is 0 Å². The van der Waals surface area contributed by atoms with Crippen molar-refractivity contribution in [1.82, 2.24) is 21.3 Å². The van der Waals surface area contributed by atoms with Gasteiger partial charge in [0.1, 0.15) is 30.1 Å². The fraction of sp³-hybridized carbons (Fsp3) is 0.609. The molecule has 0 aromatic heterocycles. The van der Waals surface area contributed by atoms with Crippen LogP contribution in [0.15, 0.2) is 24.3 Å². The Labute approximate surface area is 224 Å². The van der Waals surface area contributed by atoms with Crippen molar-refractivity contribution < 1.29 is 44.1 Å². The Morgan fingerprint density at radius 3 is 2.61 bits per heavy atom. The SMILES string of the molecule is CC(=O)NC1[C@H](Oc2ccc(B(O)O)cc2)OC(CNC(=O)CCC[C@@H]2SC[C@@H]3NC(=O)N[C@@H]32)[C@@H](O)[C@@H]1O. The largest absolute Gasteiger partial charge is 0.488 e. The van der Waals surface area contributed by atoms with E-state index in [4.69, 9.17) is 9.47 Å². The summed E-state index contributed by atoms with van der Waals surface area (Å²) in [5, 5.41) is 51.1. The van der Waals surface area contributed by atoms with Gasteiger partial charge in [0.2, 0.25) is 18.1 Å². The minimum absolute atomic E-state index is 0.0706. The summed E-state index contributed by atoms with van der Waals surface area (Å²) < 4.78 is 11.6. The summed E-state index contributed by atoms with van der Waals surface area (Å²) in [6.07, 6.45) is -3.44. The van der Waals surface area contributed by atoms with E-state index < -0.39 is 43.7 Å². The third kappa shape index (κ3) is 6.90. The first kappa shape index (κ1) is 28.5. The van der Waals surface area contributed by atoms with Gasteiger partial charge >= 0.3 is 13.1 Å². The minimum atomic E-state index is -1.65. The lowest BCUT2D eigenvalue weighted by atomic mass is 9.80. The molecule has 208 valence electrons. The van der Waals surface area contributed by atoms with Crippen molar-refractivity contribution in [1.29, 1.82) is 0 Å². The van der Waals surface area contributed by atoms with Gasteiger partial charge in [0.05, 0.1) is 12.1 Å². The molecule has 0 saturated carbocycles. The third-order valence-electron chi connectivity index (χ3n) is 6.83. The van der Waals surface area contributed by atoms with Crippen LogP contribution in [0.4, 0.5) is 4.79 Å². The molecule has 0 aliphatic carbocycles. The van der Waals surface area contributed by atoms with Crippen LogP contribution in [0, 0.1) is 0 Å². The number of carbonyl (C=O) groups excluding carboxylic acids is 3. The number of nitrogens with one attached hydrogen (secondary N) is 4. The summed E-state index contributed by atoms with van der Waals surface area (Å²) in [4.78, 5) is 35.7. The number of benzene rings is 1. The highest BCUT2D eigenvalue weighted by Crippen LogP contribution is 2.33. The van der Waals surface area contributed by atoms with Gasteiger partial charge in [0, 0.05) is 30.9 Å². The Hall–Kier alpha value is -2.56. The van der Waals surface area contributed by atoms with Gasteiger partial charge in [-0.1, -0.05) is 12.1 Å². The predicted octanol–water partition coefficient (Wildman–Crippen LogP) is -2.85. The maximum Gasteiger partial charge on any atom is 0.488 e. The van der Waals surface area contributed by atoms with Gasteiger partial charge < -0.3 is 51.0 Å². The molecule has 15 heteroatoms. The van der Waals surface area contributed by atoms with Crippen molar-refractivity contribution in [2.75, 3.05) is 12.3 Å². The van der Waals surface area contributed by atoms with E-state index in [1.54, 1.807) is 11.8 Å². The lowest BCUT2D eigenvalue weighted by Crippen LogP contribution is -2.66. The maximum absolute atomic E-state index is 12.5. The molecule has 8 N–H and O–H groups in total. The number of rotatable bonds is 10. The summed E-state index contributed by atoms with van der Waals surface area (Å²) in [6.45, 7) is 1.16. The second-order valence-corrected chi connectivity index (χ2v) is 10.9. The van der Waals surface area contributed by atoms with Crippen molar-refractivity contribution in [3.8, 4) is 5.75 Å². The summed E-state index contributed by atoms with van der Waals surface area (Å²) in [5.41, 5.74) is 0.243. The lowest BCUT2D eigenvalue weighted by molar-refractivity contribution is -0.235. The van der Waals surface area contributed by atoms with Crippen LogP contribution in [0.25, 0.3) is 0 Å². The zero-order chi connectivity index (χ0) is 27.4. The quantitative estimate of drug-likeness (QED) is 0.110. The highest BCUT2D eigenvalue weighted by atomic mass is 32.2. The average molecular weight is 552 g/mol. The van der Waals surface area contributed by atoms with Gasteiger partial charge in [-0.05, 0) is 30.4 Å². The van der Waals surface area contributed by atoms with Crippen LogP contribution in [0.5, 0.6) is 5.75 Å². The standard InChI is InChI=1S/C23H33BN4O9S/c1-11(29)26-19-21(32)20(31)15(37-22(19)36-13-7-5-12(6-8-13)24(34)35)9-25-17(30)4-2-3-16-18-14(10-38-16)27-23(33)28-18/h5-8,14-16,18-22,31-32,34-35H,2-4,9-10H2,1H3,(H,25,30)(H,26,29)(H2,27,28,33)/t14-,15?,16-,18-,19?,20+,21+,22+/m0/s1.